The first-order valence-corrected chi connectivity index (χ1v) is 8.87. The number of benzene rings is 2. The minimum atomic E-state index is -4.66. The molecule has 152 valence electrons. The molecule has 0 aliphatic rings. The third-order valence-electron chi connectivity index (χ3n) is 4.19. The van der Waals surface area contributed by atoms with E-state index in [2.05, 4.69) is 41.4 Å². The van der Waals surface area contributed by atoms with Crippen LogP contribution in [0, 0.1) is 5.82 Å². The van der Waals surface area contributed by atoms with Crippen molar-refractivity contribution in [3.05, 3.63) is 71.7 Å². The second kappa shape index (κ2) is 7.69. The van der Waals surface area contributed by atoms with E-state index in [0.717, 1.165) is 11.6 Å². The maximum Gasteiger partial charge on any atom is 0.421 e. The van der Waals surface area contributed by atoms with Gasteiger partial charge in [-0.25, -0.2) is 9.37 Å². The highest BCUT2D eigenvalue weighted by molar-refractivity contribution is 5.63. The van der Waals surface area contributed by atoms with E-state index in [-0.39, 0.29) is 17.1 Å². The summed E-state index contributed by atoms with van der Waals surface area (Å²) in [6, 6.07) is 12.6. The SMILES string of the molecule is CC(C)(C)c1ccc(Nc2ncc(C(F)(F)F)c(Nc3cccc(F)c3)n2)cc1. The molecule has 1 heterocycles. The molecule has 3 aromatic rings. The van der Waals surface area contributed by atoms with Crippen molar-refractivity contribution in [1.29, 1.82) is 0 Å². The maximum absolute atomic E-state index is 13.4. The van der Waals surface area contributed by atoms with Gasteiger partial charge in [0.05, 0.1) is 0 Å². The number of rotatable bonds is 4. The van der Waals surface area contributed by atoms with E-state index < -0.39 is 23.4 Å². The lowest BCUT2D eigenvalue weighted by Crippen LogP contribution is -2.13. The average molecular weight is 404 g/mol. The van der Waals surface area contributed by atoms with Crippen LogP contribution in [-0.2, 0) is 11.6 Å². The van der Waals surface area contributed by atoms with E-state index in [0.29, 0.717) is 11.9 Å². The largest absolute Gasteiger partial charge is 0.421 e. The first-order valence-electron chi connectivity index (χ1n) is 8.87. The molecule has 8 heteroatoms. The van der Waals surface area contributed by atoms with Crippen molar-refractivity contribution in [1.82, 2.24) is 9.97 Å². The third-order valence-corrected chi connectivity index (χ3v) is 4.19. The van der Waals surface area contributed by atoms with Crippen LogP contribution in [0.4, 0.5) is 40.7 Å². The molecule has 0 unspecified atom stereocenters. The molecule has 3 rings (SSSR count). The monoisotopic (exact) mass is 404 g/mol. The van der Waals surface area contributed by atoms with Crippen molar-refractivity contribution in [3.63, 3.8) is 0 Å². The lowest BCUT2D eigenvalue weighted by atomic mass is 9.87. The minimum Gasteiger partial charge on any atom is -0.339 e. The normalized spacial score (nSPS) is 12.0. The Morgan fingerprint density at radius 3 is 2.14 bits per heavy atom. The zero-order valence-electron chi connectivity index (χ0n) is 16.1. The Morgan fingerprint density at radius 1 is 0.862 bits per heavy atom. The summed E-state index contributed by atoms with van der Waals surface area (Å²) in [4.78, 5) is 7.73. The Hall–Kier alpha value is -3.16. The van der Waals surface area contributed by atoms with Crippen LogP contribution < -0.4 is 10.6 Å². The molecule has 2 aromatic carbocycles. The summed E-state index contributed by atoms with van der Waals surface area (Å²) in [5.74, 6) is -1.05. The van der Waals surface area contributed by atoms with Crippen molar-refractivity contribution in [3.8, 4) is 0 Å². The third kappa shape index (κ3) is 5.22. The molecule has 0 fully saturated rings. The molecule has 0 amide bonds. The first kappa shape index (κ1) is 20.6. The number of hydrogen-bond acceptors (Lipinski definition) is 4. The highest BCUT2D eigenvalue weighted by Crippen LogP contribution is 2.35. The van der Waals surface area contributed by atoms with Crippen molar-refractivity contribution in [2.45, 2.75) is 32.4 Å². The van der Waals surface area contributed by atoms with Crippen molar-refractivity contribution >= 4 is 23.1 Å². The van der Waals surface area contributed by atoms with Gasteiger partial charge in [-0.1, -0.05) is 39.0 Å². The molecular weight excluding hydrogens is 384 g/mol. The summed E-state index contributed by atoms with van der Waals surface area (Å²) in [5, 5.41) is 5.42. The summed E-state index contributed by atoms with van der Waals surface area (Å²) in [6.45, 7) is 6.25. The Bertz CT molecular complexity index is 993. The quantitative estimate of drug-likeness (QED) is 0.493. The number of aromatic nitrogens is 2. The zero-order chi connectivity index (χ0) is 21.2. The van der Waals surface area contributed by atoms with Crippen molar-refractivity contribution in [2.24, 2.45) is 0 Å². The number of hydrogen-bond donors (Lipinski definition) is 2. The Labute approximate surface area is 166 Å². The van der Waals surface area contributed by atoms with Crippen LogP contribution in [0.1, 0.15) is 31.9 Å². The van der Waals surface area contributed by atoms with Gasteiger partial charge in [-0.15, -0.1) is 0 Å². The number of nitrogens with one attached hydrogen (secondary N) is 2. The van der Waals surface area contributed by atoms with Crippen LogP contribution in [0.15, 0.2) is 54.7 Å². The molecule has 0 aliphatic heterocycles. The van der Waals surface area contributed by atoms with Crippen LogP contribution >= 0.6 is 0 Å². The second-order valence-electron chi connectivity index (χ2n) is 7.54. The Balaban J connectivity index is 1.90. The Morgan fingerprint density at radius 2 is 1.55 bits per heavy atom. The van der Waals surface area contributed by atoms with E-state index in [1.54, 1.807) is 12.1 Å². The number of anilines is 4. The molecule has 0 saturated heterocycles. The van der Waals surface area contributed by atoms with E-state index in [9.17, 15) is 17.6 Å². The van der Waals surface area contributed by atoms with Gasteiger partial charge in [0.2, 0.25) is 5.95 Å². The highest BCUT2D eigenvalue weighted by atomic mass is 19.4. The van der Waals surface area contributed by atoms with E-state index in [4.69, 9.17) is 0 Å². The van der Waals surface area contributed by atoms with E-state index in [1.807, 2.05) is 12.1 Å². The summed E-state index contributed by atoms with van der Waals surface area (Å²) in [5.41, 5.74) is 0.829. The van der Waals surface area contributed by atoms with Gasteiger partial charge in [0.15, 0.2) is 0 Å². The molecule has 1 aromatic heterocycles. The molecule has 0 spiro atoms. The van der Waals surface area contributed by atoms with Gasteiger partial charge in [0.1, 0.15) is 17.2 Å². The van der Waals surface area contributed by atoms with Gasteiger partial charge in [-0.2, -0.15) is 18.2 Å². The fourth-order valence-electron chi connectivity index (χ4n) is 2.63. The van der Waals surface area contributed by atoms with Gasteiger partial charge in [-0.3, -0.25) is 0 Å². The molecule has 4 nitrogen and oxygen atoms in total. The smallest absolute Gasteiger partial charge is 0.339 e. The molecular formula is C21H20F4N4. The van der Waals surface area contributed by atoms with Crippen LogP contribution in [0.2, 0.25) is 0 Å². The highest BCUT2D eigenvalue weighted by Gasteiger charge is 2.35. The van der Waals surface area contributed by atoms with Crippen molar-refractivity contribution < 1.29 is 17.6 Å². The van der Waals surface area contributed by atoms with Gasteiger partial charge < -0.3 is 10.6 Å². The minimum absolute atomic E-state index is 0.0135. The summed E-state index contributed by atoms with van der Waals surface area (Å²) in [6.07, 6.45) is -3.97. The fraction of sp³-hybridized carbons (Fsp3) is 0.238. The molecule has 0 atom stereocenters. The van der Waals surface area contributed by atoms with Gasteiger partial charge in [0, 0.05) is 17.6 Å². The topological polar surface area (TPSA) is 49.8 Å². The zero-order valence-corrected chi connectivity index (χ0v) is 16.1. The predicted octanol–water partition coefficient (Wildman–Crippen LogP) is 6.42. The molecule has 0 radical (unpaired) electrons. The maximum atomic E-state index is 13.4. The van der Waals surface area contributed by atoms with Gasteiger partial charge >= 0.3 is 6.18 Å². The van der Waals surface area contributed by atoms with Crippen LogP contribution in [0.5, 0.6) is 0 Å². The van der Waals surface area contributed by atoms with Gasteiger partial charge in [-0.05, 0) is 41.3 Å². The number of alkyl halides is 3. The number of halogens is 4. The summed E-state index contributed by atoms with van der Waals surface area (Å²) in [7, 11) is 0. The molecule has 2 N–H and O–H groups in total. The second-order valence-corrected chi connectivity index (χ2v) is 7.54. The van der Waals surface area contributed by atoms with Gasteiger partial charge in [0.25, 0.3) is 0 Å². The Kier molecular flexibility index (Phi) is 5.46. The number of nitrogens with zero attached hydrogens (tertiary/aromatic N) is 2. The van der Waals surface area contributed by atoms with E-state index in [1.165, 1.54) is 18.2 Å². The predicted molar refractivity (Wildman–Crippen MR) is 105 cm³/mol. The fourth-order valence-corrected chi connectivity index (χ4v) is 2.63. The molecule has 0 saturated carbocycles. The van der Waals surface area contributed by atoms with Crippen LogP contribution in [-0.4, -0.2) is 9.97 Å². The molecule has 29 heavy (non-hydrogen) atoms. The lowest BCUT2D eigenvalue weighted by Gasteiger charge is -2.19. The van der Waals surface area contributed by atoms with Crippen LogP contribution in [0.3, 0.4) is 0 Å². The first-order chi connectivity index (χ1) is 13.5. The van der Waals surface area contributed by atoms with Crippen LogP contribution in [0.25, 0.3) is 0 Å². The summed E-state index contributed by atoms with van der Waals surface area (Å²) < 4.78 is 53.4. The standard InChI is InChI=1S/C21H20F4N4/c1-20(2,3)13-7-9-15(10-8-13)28-19-26-12-17(21(23,24)25)18(29-19)27-16-6-4-5-14(22)11-16/h4-12H,1-3H3,(H2,26,27,28,29). The molecule has 0 bridgehead atoms. The van der Waals surface area contributed by atoms with Crippen molar-refractivity contribution in [2.75, 3.05) is 10.6 Å². The van der Waals surface area contributed by atoms with E-state index >= 15 is 0 Å². The molecule has 0 aliphatic carbocycles. The summed E-state index contributed by atoms with van der Waals surface area (Å²) >= 11 is 0. The average Bonchev–Trinajstić information content (AvgIpc) is 2.60. The lowest BCUT2D eigenvalue weighted by molar-refractivity contribution is -0.137.